The first-order chi connectivity index (χ1) is 22.7. The summed E-state index contributed by atoms with van der Waals surface area (Å²) in [6.45, 7) is 9.57. The maximum Gasteiger partial charge on any atom is 0.271 e. The first kappa shape index (κ1) is 38.4. The zero-order chi connectivity index (χ0) is 35.7. The van der Waals surface area contributed by atoms with Crippen molar-refractivity contribution in [3.63, 3.8) is 0 Å². The molecule has 1 aliphatic rings. The van der Waals surface area contributed by atoms with Gasteiger partial charge < -0.3 is 42.1 Å². The summed E-state index contributed by atoms with van der Waals surface area (Å²) in [4.78, 5) is 87.8. The molecule has 0 aromatic carbocycles. The average Bonchev–Trinajstić information content (AvgIpc) is 3.73. The molecule has 0 fully saturated rings. The molecule has 2 aromatic rings. The van der Waals surface area contributed by atoms with Crippen LogP contribution in [0, 0.1) is 11.8 Å². The van der Waals surface area contributed by atoms with Crippen molar-refractivity contribution in [3.8, 4) is 0 Å². The van der Waals surface area contributed by atoms with Gasteiger partial charge in [-0.1, -0.05) is 40.5 Å². The van der Waals surface area contributed by atoms with Crippen molar-refractivity contribution >= 4 is 58.1 Å². The number of aromatic nitrogens is 2. The van der Waals surface area contributed by atoms with Gasteiger partial charge in [-0.15, -0.1) is 22.7 Å². The van der Waals surface area contributed by atoms with E-state index in [0.717, 1.165) is 22.7 Å². The largest absolute Gasteiger partial charge is 0.391 e. The summed E-state index contributed by atoms with van der Waals surface area (Å²) in [6, 6.07) is -4.91. The van der Waals surface area contributed by atoms with Crippen LogP contribution in [0.5, 0.6) is 0 Å². The van der Waals surface area contributed by atoms with Gasteiger partial charge in [-0.3, -0.25) is 28.8 Å². The van der Waals surface area contributed by atoms with E-state index in [-0.39, 0.29) is 36.3 Å². The molecule has 8 atom stereocenters. The highest BCUT2D eigenvalue weighted by atomic mass is 32.1. The molecule has 8 N–H and O–H groups in total. The number of carbonyl (C=O) groups excluding carboxylic acids is 6. The lowest BCUT2D eigenvalue weighted by Gasteiger charge is -2.27. The fourth-order valence-corrected chi connectivity index (χ4v) is 6.10. The molecule has 2 unspecified atom stereocenters. The Balaban J connectivity index is 1.96. The fourth-order valence-electron chi connectivity index (χ4n) is 4.67. The van der Waals surface area contributed by atoms with Crippen LogP contribution in [0.2, 0.25) is 0 Å². The lowest BCUT2D eigenvalue weighted by molar-refractivity contribution is -0.133. The van der Waals surface area contributed by atoms with Gasteiger partial charge in [0.05, 0.1) is 25.3 Å². The summed E-state index contributed by atoms with van der Waals surface area (Å²) in [5.41, 5.74) is -0.0279. The van der Waals surface area contributed by atoms with Gasteiger partial charge >= 0.3 is 0 Å². The van der Waals surface area contributed by atoms with Crippen LogP contribution in [0.15, 0.2) is 10.8 Å². The second-order valence-electron chi connectivity index (χ2n) is 11.8. The van der Waals surface area contributed by atoms with Crippen molar-refractivity contribution in [2.45, 2.75) is 104 Å². The fraction of sp³-hybridized carbons (Fsp3) is 0.600. The van der Waals surface area contributed by atoms with E-state index in [1.807, 2.05) is 13.8 Å². The number of carbonyl (C=O) groups is 6. The van der Waals surface area contributed by atoms with Crippen molar-refractivity contribution in [2.75, 3.05) is 0 Å². The molecule has 4 bridgehead atoms. The van der Waals surface area contributed by atoms with Crippen LogP contribution in [-0.4, -0.2) is 92.0 Å². The molecule has 6 amide bonds. The van der Waals surface area contributed by atoms with Crippen LogP contribution in [0.1, 0.15) is 85.4 Å². The molecule has 48 heavy (non-hydrogen) atoms. The molecule has 16 nitrogen and oxygen atoms in total. The topological polar surface area (TPSA) is 241 Å². The Hall–Kier alpha value is -4.00. The summed E-state index contributed by atoms with van der Waals surface area (Å²) in [6.07, 6.45) is -1.60. The molecular weight excluding hydrogens is 665 g/mol. The maximum absolute atomic E-state index is 13.4. The van der Waals surface area contributed by atoms with Crippen molar-refractivity contribution < 1.29 is 39.0 Å². The standard InChI is InChI=1S/C30H44N8O8S2/c1-7-13(3)21-29(45)37-23(15(5)39)27(43)31-10-20-34-18(12-48-20)26(42)36-22(14(4)8-2)30(46)38-24(16(6)40)28(44)32-9-19-33-17(11-47-19)25(41)35-21/h11-16,21-24,39-40H,7-10H2,1-6H3,(H,31,43)(H,32,44)(H,35,41)(H,36,42)(H,37,45)(H,38,46)/t13?,14?,15-,16-,21+,22+,23+,24+/m1/s1. The number of aliphatic hydroxyl groups is 2. The van der Waals surface area contributed by atoms with E-state index >= 15 is 0 Å². The molecule has 0 radical (unpaired) electrons. The van der Waals surface area contributed by atoms with Crippen LogP contribution < -0.4 is 31.9 Å². The predicted molar refractivity (Wildman–Crippen MR) is 177 cm³/mol. The van der Waals surface area contributed by atoms with Gasteiger partial charge in [-0.25, -0.2) is 9.97 Å². The van der Waals surface area contributed by atoms with Crippen LogP contribution in [-0.2, 0) is 32.3 Å². The lowest BCUT2D eigenvalue weighted by atomic mass is 9.97. The van der Waals surface area contributed by atoms with Crippen LogP contribution in [0.3, 0.4) is 0 Å². The summed E-state index contributed by atoms with van der Waals surface area (Å²) in [5.74, 6) is -4.86. The van der Waals surface area contributed by atoms with Crippen LogP contribution in [0.25, 0.3) is 0 Å². The van der Waals surface area contributed by atoms with Gasteiger partial charge in [-0.2, -0.15) is 0 Å². The molecule has 0 saturated carbocycles. The number of hydrogen-bond donors (Lipinski definition) is 8. The molecule has 2 aromatic heterocycles. The molecule has 0 aliphatic carbocycles. The van der Waals surface area contributed by atoms with Crippen molar-refractivity contribution in [1.29, 1.82) is 0 Å². The van der Waals surface area contributed by atoms with Crippen molar-refractivity contribution in [1.82, 2.24) is 41.9 Å². The van der Waals surface area contributed by atoms with E-state index in [2.05, 4.69) is 41.9 Å². The highest BCUT2D eigenvalue weighted by Gasteiger charge is 2.34. The maximum atomic E-state index is 13.4. The Morgan fingerprint density at radius 1 is 0.625 bits per heavy atom. The predicted octanol–water partition coefficient (Wildman–Crippen LogP) is -0.434. The minimum Gasteiger partial charge on any atom is -0.391 e. The normalized spacial score (nSPS) is 24.8. The Kier molecular flexibility index (Phi) is 13.9. The number of nitrogens with one attached hydrogen (secondary N) is 6. The van der Waals surface area contributed by atoms with Crippen molar-refractivity contribution in [2.24, 2.45) is 11.8 Å². The second-order valence-corrected chi connectivity index (χ2v) is 13.7. The summed E-state index contributed by atoms with van der Waals surface area (Å²) in [7, 11) is 0. The van der Waals surface area contributed by atoms with E-state index in [9.17, 15) is 39.0 Å². The number of rotatable bonds is 6. The molecule has 0 saturated heterocycles. The number of amides is 6. The first-order valence-electron chi connectivity index (χ1n) is 15.7. The SMILES string of the molecule is CCC(C)[C@@H]1NC(=O)c2csc(n2)CNC(=O)[C@H]([C@@H](C)O)NC(=O)[C@H](C(C)CC)NC(=O)c2csc(n2)CNC(=O)[C@H]([C@@H](C)O)NC1=O. The van der Waals surface area contributed by atoms with E-state index in [4.69, 9.17) is 0 Å². The van der Waals surface area contributed by atoms with E-state index in [0.29, 0.717) is 22.9 Å². The summed E-state index contributed by atoms with van der Waals surface area (Å²) < 4.78 is 0. The number of thiazole rings is 2. The third kappa shape index (κ3) is 10.0. The summed E-state index contributed by atoms with van der Waals surface area (Å²) >= 11 is 2.14. The Bertz CT molecular complexity index is 1370. The zero-order valence-corrected chi connectivity index (χ0v) is 29.3. The third-order valence-corrected chi connectivity index (χ3v) is 9.78. The first-order valence-corrected chi connectivity index (χ1v) is 17.4. The van der Waals surface area contributed by atoms with Gasteiger partial charge in [0.1, 0.15) is 45.6 Å². The Labute approximate surface area is 286 Å². The molecule has 3 heterocycles. The molecule has 1 aliphatic heterocycles. The number of aliphatic hydroxyl groups excluding tert-OH is 2. The highest BCUT2D eigenvalue weighted by Crippen LogP contribution is 2.16. The van der Waals surface area contributed by atoms with Crippen LogP contribution in [0.4, 0.5) is 0 Å². The van der Waals surface area contributed by atoms with Gasteiger partial charge in [0.2, 0.25) is 23.6 Å². The van der Waals surface area contributed by atoms with Gasteiger partial charge in [0, 0.05) is 10.8 Å². The Morgan fingerprint density at radius 2 is 0.979 bits per heavy atom. The van der Waals surface area contributed by atoms with E-state index in [1.165, 1.54) is 24.6 Å². The minimum absolute atomic E-state index is 0.0139. The molecule has 18 heteroatoms. The second kappa shape index (κ2) is 17.4. The van der Waals surface area contributed by atoms with E-state index in [1.54, 1.807) is 13.8 Å². The molecule has 0 spiro atoms. The highest BCUT2D eigenvalue weighted by molar-refractivity contribution is 7.10. The zero-order valence-electron chi connectivity index (χ0n) is 27.7. The lowest BCUT2D eigenvalue weighted by Crippen LogP contribution is -2.58. The third-order valence-electron chi connectivity index (χ3n) is 8.09. The van der Waals surface area contributed by atoms with E-state index < -0.39 is 71.8 Å². The van der Waals surface area contributed by atoms with Crippen molar-refractivity contribution in [3.05, 3.63) is 32.2 Å². The molecular formula is C30H44N8O8S2. The average molecular weight is 709 g/mol. The van der Waals surface area contributed by atoms with Crippen LogP contribution >= 0.6 is 22.7 Å². The molecule has 264 valence electrons. The Morgan fingerprint density at radius 3 is 1.29 bits per heavy atom. The minimum atomic E-state index is -1.37. The van der Waals surface area contributed by atoms with Gasteiger partial charge in [-0.05, 0) is 25.7 Å². The number of nitrogens with zero attached hydrogens (tertiary/aromatic N) is 2. The summed E-state index contributed by atoms with van der Waals surface area (Å²) in [5, 5.41) is 39.9. The van der Waals surface area contributed by atoms with Gasteiger partial charge in [0.15, 0.2) is 0 Å². The number of fused-ring (bicyclic) bond motifs is 4. The quantitative estimate of drug-likeness (QED) is 0.193. The monoisotopic (exact) mass is 708 g/mol. The van der Waals surface area contributed by atoms with Gasteiger partial charge in [0.25, 0.3) is 11.8 Å². The number of hydrogen-bond acceptors (Lipinski definition) is 12. The smallest absolute Gasteiger partial charge is 0.271 e. The molecule has 3 rings (SSSR count).